The molecular formula is C15H13FN2O4. The van der Waals surface area contributed by atoms with Gasteiger partial charge in [-0.3, -0.25) is 14.9 Å². The van der Waals surface area contributed by atoms with E-state index in [-0.39, 0.29) is 5.75 Å². The van der Waals surface area contributed by atoms with E-state index in [9.17, 15) is 19.3 Å². The number of hydrogen-bond acceptors (Lipinski definition) is 4. The lowest BCUT2D eigenvalue weighted by atomic mass is 10.2. The zero-order chi connectivity index (χ0) is 16.1. The van der Waals surface area contributed by atoms with Gasteiger partial charge in [0.1, 0.15) is 5.82 Å². The largest absolute Gasteiger partial charge is 0.477 e. The van der Waals surface area contributed by atoms with Crippen molar-refractivity contribution in [3.63, 3.8) is 0 Å². The molecule has 2 aromatic carbocycles. The number of aryl methyl sites for hydroxylation is 1. The lowest BCUT2D eigenvalue weighted by Crippen LogP contribution is -2.20. The monoisotopic (exact) mass is 304 g/mol. The van der Waals surface area contributed by atoms with Gasteiger partial charge < -0.3 is 10.1 Å². The first kappa shape index (κ1) is 15.4. The van der Waals surface area contributed by atoms with E-state index >= 15 is 0 Å². The highest BCUT2D eigenvalue weighted by Gasteiger charge is 2.17. The van der Waals surface area contributed by atoms with Crippen molar-refractivity contribution in [1.29, 1.82) is 0 Å². The second-order valence-electron chi connectivity index (χ2n) is 4.57. The molecule has 1 amide bonds. The zero-order valence-corrected chi connectivity index (χ0v) is 11.7. The van der Waals surface area contributed by atoms with Crippen LogP contribution in [0.25, 0.3) is 0 Å². The molecule has 0 saturated heterocycles. The molecule has 0 aliphatic rings. The van der Waals surface area contributed by atoms with Crippen LogP contribution in [0, 0.1) is 22.9 Å². The minimum Gasteiger partial charge on any atom is -0.477 e. The van der Waals surface area contributed by atoms with Crippen LogP contribution in [0.3, 0.4) is 0 Å². The summed E-state index contributed by atoms with van der Waals surface area (Å²) < 4.78 is 18.2. The zero-order valence-electron chi connectivity index (χ0n) is 11.7. The Labute approximate surface area is 125 Å². The summed E-state index contributed by atoms with van der Waals surface area (Å²) in [5.41, 5.74) is 1.22. The van der Waals surface area contributed by atoms with Crippen molar-refractivity contribution in [3.05, 3.63) is 64.0 Å². The quantitative estimate of drug-likeness (QED) is 0.680. The molecule has 0 unspecified atom stereocenters. The first-order valence-corrected chi connectivity index (χ1v) is 6.39. The fourth-order valence-electron chi connectivity index (χ4n) is 1.73. The van der Waals surface area contributed by atoms with Gasteiger partial charge in [0.05, 0.1) is 4.92 Å². The van der Waals surface area contributed by atoms with Crippen LogP contribution in [-0.4, -0.2) is 17.4 Å². The SMILES string of the molecule is Cc1ccc(NC(=O)COc2cc(F)ccc2[N+](=O)[O-])cc1. The predicted molar refractivity (Wildman–Crippen MR) is 78.4 cm³/mol. The number of halogens is 1. The van der Waals surface area contributed by atoms with Crippen LogP contribution >= 0.6 is 0 Å². The summed E-state index contributed by atoms with van der Waals surface area (Å²) in [6, 6.07) is 9.91. The molecule has 22 heavy (non-hydrogen) atoms. The molecule has 0 radical (unpaired) electrons. The summed E-state index contributed by atoms with van der Waals surface area (Å²) in [7, 11) is 0. The van der Waals surface area contributed by atoms with Gasteiger partial charge in [-0.1, -0.05) is 17.7 Å². The number of nitrogens with zero attached hydrogens (tertiary/aromatic N) is 1. The Morgan fingerprint density at radius 2 is 1.95 bits per heavy atom. The number of carbonyl (C=O) groups excluding carboxylic acids is 1. The van der Waals surface area contributed by atoms with Gasteiger partial charge in [-0.05, 0) is 25.1 Å². The first-order chi connectivity index (χ1) is 10.5. The van der Waals surface area contributed by atoms with Crippen molar-refractivity contribution >= 4 is 17.3 Å². The Morgan fingerprint density at radius 3 is 2.59 bits per heavy atom. The van der Waals surface area contributed by atoms with Gasteiger partial charge in [0, 0.05) is 17.8 Å². The van der Waals surface area contributed by atoms with Gasteiger partial charge >= 0.3 is 5.69 Å². The second-order valence-corrected chi connectivity index (χ2v) is 4.57. The Bertz CT molecular complexity index is 701. The van der Waals surface area contributed by atoms with E-state index in [1.807, 2.05) is 19.1 Å². The van der Waals surface area contributed by atoms with Crippen molar-refractivity contribution in [2.45, 2.75) is 6.92 Å². The van der Waals surface area contributed by atoms with E-state index in [2.05, 4.69) is 5.32 Å². The highest BCUT2D eigenvalue weighted by Crippen LogP contribution is 2.27. The van der Waals surface area contributed by atoms with Gasteiger partial charge in [-0.2, -0.15) is 0 Å². The fraction of sp³-hybridized carbons (Fsp3) is 0.133. The molecule has 0 fully saturated rings. The predicted octanol–water partition coefficient (Wildman–Crippen LogP) is 3.06. The molecule has 2 aromatic rings. The van der Waals surface area contributed by atoms with Crippen molar-refractivity contribution in [1.82, 2.24) is 0 Å². The van der Waals surface area contributed by atoms with Crippen LogP contribution in [0.2, 0.25) is 0 Å². The molecule has 0 bridgehead atoms. The molecule has 0 saturated carbocycles. The minimum atomic E-state index is -0.702. The number of anilines is 1. The van der Waals surface area contributed by atoms with Crippen molar-refractivity contribution in [3.8, 4) is 5.75 Å². The third-order valence-corrected chi connectivity index (χ3v) is 2.81. The van der Waals surface area contributed by atoms with Crippen LogP contribution in [0.15, 0.2) is 42.5 Å². The van der Waals surface area contributed by atoms with Crippen molar-refractivity contribution in [2.75, 3.05) is 11.9 Å². The molecule has 0 aromatic heterocycles. The Kier molecular flexibility index (Phi) is 4.67. The first-order valence-electron chi connectivity index (χ1n) is 6.39. The number of hydrogen-bond donors (Lipinski definition) is 1. The number of rotatable bonds is 5. The molecule has 1 N–H and O–H groups in total. The lowest BCUT2D eigenvalue weighted by Gasteiger charge is -2.08. The van der Waals surface area contributed by atoms with E-state index in [0.717, 1.165) is 23.8 Å². The van der Waals surface area contributed by atoms with Crippen LogP contribution < -0.4 is 10.1 Å². The normalized spacial score (nSPS) is 10.1. The van der Waals surface area contributed by atoms with E-state index in [4.69, 9.17) is 4.74 Å². The number of benzene rings is 2. The molecule has 114 valence electrons. The highest BCUT2D eigenvalue weighted by molar-refractivity contribution is 5.91. The maximum absolute atomic E-state index is 13.1. The molecule has 7 heteroatoms. The second kappa shape index (κ2) is 6.66. The van der Waals surface area contributed by atoms with Gasteiger partial charge in [-0.15, -0.1) is 0 Å². The van der Waals surface area contributed by atoms with Crippen LogP contribution in [0.5, 0.6) is 5.75 Å². The Hall–Kier alpha value is -2.96. The number of nitrogens with one attached hydrogen (secondary N) is 1. The van der Waals surface area contributed by atoms with E-state index < -0.39 is 28.9 Å². The van der Waals surface area contributed by atoms with Crippen LogP contribution in [0.1, 0.15) is 5.56 Å². The number of amides is 1. The smallest absolute Gasteiger partial charge is 0.311 e. The summed E-state index contributed by atoms with van der Waals surface area (Å²) >= 11 is 0. The standard InChI is InChI=1S/C15H13FN2O4/c1-10-2-5-12(6-3-10)17-15(19)9-22-14-8-11(16)4-7-13(14)18(20)21/h2-8H,9H2,1H3,(H,17,19). The van der Waals surface area contributed by atoms with E-state index in [1.54, 1.807) is 12.1 Å². The molecule has 0 atom stereocenters. The molecule has 0 heterocycles. The number of nitro groups is 1. The van der Waals surface area contributed by atoms with Crippen molar-refractivity contribution in [2.24, 2.45) is 0 Å². The Balaban J connectivity index is 2.00. The molecule has 6 nitrogen and oxygen atoms in total. The average Bonchev–Trinajstić information content (AvgIpc) is 2.47. The number of nitro benzene ring substituents is 1. The summed E-state index contributed by atoms with van der Waals surface area (Å²) in [5, 5.41) is 13.4. The van der Waals surface area contributed by atoms with Crippen molar-refractivity contribution < 1.29 is 18.8 Å². The van der Waals surface area contributed by atoms with Gasteiger partial charge in [-0.25, -0.2) is 4.39 Å². The lowest BCUT2D eigenvalue weighted by molar-refractivity contribution is -0.385. The highest BCUT2D eigenvalue weighted by atomic mass is 19.1. The fourth-order valence-corrected chi connectivity index (χ4v) is 1.73. The van der Waals surface area contributed by atoms with Gasteiger partial charge in [0.15, 0.2) is 6.61 Å². The molecule has 0 aliphatic heterocycles. The third kappa shape index (κ3) is 4.02. The Morgan fingerprint density at radius 1 is 1.27 bits per heavy atom. The van der Waals surface area contributed by atoms with Crippen LogP contribution in [0.4, 0.5) is 15.8 Å². The van der Waals surface area contributed by atoms with Gasteiger partial charge in [0.25, 0.3) is 5.91 Å². The maximum atomic E-state index is 13.1. The number of carbonyl (C=O) groups is 1. The molecule has 2 rings (SSSR count). The number of ether oxygens (including phenoxy) is 1. The summed E-state index contributed by atoms with van der Waals surface area (Å²) in [6.07, 6.45) is 0. The third-order valence-electron chi connectivity index (χ3n) is 2.81. The molecule has 0 spiro atoms. The molecular weight excluding hydrogens is 291 g/mol. The van der Waals surface area contributed by atoms with E-state index in [1.165, 1.54) is 0 Å². The maximum Gasteiger partial charge on any atom is 0.311 e. The molecule has 0 aliphatic carbocycles. The average molecular weight is 304 g/mol. The summed E-state index contributed by atoms with van der Waals surface area (Å²) in [5.74, 6) is -1.47. The topological polar surface area (TPSA) is 81.5 Å². The van der Waals surface area contributed by atoms with Gasteiger partial charge in [0.2, 0.25) is 5.75 Å². The minimum absolute atomic E-state index is 0.288. The summed E-state index contributed by atoms with van der Waals surface area (Å²) in [4.78, 5) is 21.8. The van der Waals surface area contributed by atoms with E-state index in [0.29, 0.717) is 5.69 Å². The summed E-state index contributed by atoms with van der Waals surface area (Å²) in [6.45, 7) is 1.45. The van der Waals surface area contributed by atoms with Crippen LogP contribution in [-0.2, 0) is 4.79 Å².